The van der Waals surface area contributed by atoms with Gasteiger partial charge in [0.05, 0.1) is 25.9 Å². The van der Waals surface area contributed by atoms with E-state index in [-0.39, 0.29) is 24.0 Å². The molecule has 0 bridgehead atoms. The summed E-state index contributed by atoms with van der Waals surface area (Å²) in [6, 6.07) is 10.7. The first-order valence-electron chi connectivity index (χ1n) is 9.83. The number of benzene rings is 1. The molecule has 2 heterocycles. The van der Waals surface area contributed by atoms with Crippen molar-refractivity contribution in [2.75, 3.05) is 52.5 Å². The number of nitrogens with one attached hydrogen (secondary N) is 1. The van der Waals surface area contributed by atoms with Gasteiger partial charge in [0, 0.05) is 45.2 Å². The van der Waals surface area contributed by atoms with Gasteiger partial charge in [-0.05, 0) is 18.9 Å². The molecule has 3 rings (SSSR count). The third-order valence-corrected chi connectivity index (χ3v) is 5.13. The van der Waals surface area contributed by atoms with Crippen LogP contribution in [0.15, 0.2) is 35.3 Å². The molecule has 2 unspecified atom stereocenters. The number of ether oxygens (including phenoxy) is 1. The molecule has 7 heteroatoms. The van der Waals surface area contributed by atoms with Crippen LogP contribution in [-0.2, 0) is 11.2 Å². The molecule has 152 valence electrons. The van der Waals surface area contributed by atoms with E-state index >= 15 is 0 Å². The Morgan fingerprint density at radius 3 is 2.70 bits per heavy atom. The Kier molecular flexibility index (Phi) is 9.81. The summed E-state index contributed by atoms with van der Waals surface area (Å²) < 4.78 is 5.47. The van der Waals surface area contributed by atoms with E-state index in [2.05, 4.69) is 22.0 Å². The highest BCUT2D eigenvalue weighted by atomic mass is 127. The second kappa shape index (κ2) is 11.8. The molecule has 0 spiro atoms. The number of halogens is 1. The molecule has 2 fully saturated rings. The molecule has 27 heavy (non-hydrogen) atoms. The van der Waals surface area contributed by atoms with E-state index < -0.39 is 6.10 Å². The van der Waals surface area contributed by atoms with Crippen LogP contribution >= 0.6 is 24.0 Å². The summed E-state index contributed by atoms with van der Waals surface area (Å²) in [4.78, 5) is 9.58. The van der Waals surface area contributed by atoms with Crippen LogP contribution in [0.4, 0.5) is 0 Å². The van der Waals surface area contributed by atoms with E-state index in [4.69, 9.17) is 9.73 Å². The number of aliphatic hydroxyl groups excluding tert-OH is 1. The molecule has 2 saturated heterocycles. The second-order valence-electron chi connectivity index (χ2n) is 7.08. The van der Waals surface area contributed by atoms with Gasteiger partial charge in [-0.3, -0.25) is 9.89 Å². The van der Waals surface area contributed by atoms with E-state index in [1.165, 1.54) is 0 Å². The van der Waals surface area contributed by atoms with Crippen molar-refractivity contribution in [1.29, 1.82) is 0 Å². The fourth-order valence-electron chi connectivity index (χ4n) is 3.74. The zero-order chi connectivity index (χ0) is 18.2. The minimum absolute atomic E-state index is 0. The van der Waals surface area contributed by atoms with E-state index in [0.717, 1.165) is 63.9 Å². The van der Waals surface area contributed by atoms with Gasteiger partial charge in [0.1, 0.15) is 0 Å². The first-order valence-corrected chi connectivity index (χ1v) is 9.83. The molecule has 0 aromatic heterocycles. The van der Waals surface area contributed by atoms with Gasteiger partial charge in [-0.1, -0.05) is 30.3 Å². The van der Waals surface area contributed by atoms with Gasteiger partial charge in [0.2, 0.25) is 0 Å². The number of hydrogen-bond acceptors (Lipinski definition) is 4. The number of hydrogen-bond donors (Lipinski definition) is 2. The molecule has 0 amide bonds. The molecule has 0 radical (unpaired) electrons. The van der Waals surface area contributed by atoms with Crippen LogP contribution in [0.3, 0.4) is 0 Å². The maximum absolute atomic E-state index is 10.3. The van der Waals surface area contributed by atoms with E-state index in [1.807, 2.05) is 30.3 Å². The maximum atomic E-state index is 10.3. The van der Waals surface area contributed by atoms with Crippen LogP contribution in [0.1, 0.15) is 18.9 Å². The van der Waals surface area contributed by atoms with Gasteiger partial charge in [-0.15, -0.1) is 24.0 Å². The van der Waals surface area contributed by atoms with Crippen LogP contribution in [-0.4, -0.2) is 85.5 Å². The van der Waals surface area contributed by atoms with Crippen molar-refractivity contribution >= 4 is 29.9 Å². The minimum atomic E-state index is -0.455. The average molecular weight is 488 g/mol. The highest BCUT2D eigenvalue weighted by Crippen LogP contribution is 2.17. The largest absolute Gasteiger partial charge is 0.391 e. The van der Waals surface area contributed by atoms with Crippen molar-refractivity contribution in [2.24, 2.45) is 4.99 Å². The Morgan fingerprint density at radius 2 is 2.00 bits per heavy atom. The maximum Gasteiger partial charge on any atom is 0.194 e. The predicted octanol–water partition coefficient (Wildman–Crippen LogP) is 1.58. The molecule has 2 atom stereocenters. The number of nitrogens with zero attached hydrogens (tertiary/aromatic N) is 3. The monoisotopic (exact) mass is 488 g/mol. The predicted molar refractivity (Wildman–Crippen MR) is 120 cm³/mol. The van der Waals surface area contributed by atoms with Crippen LogP contribution in [0, 0.1) is 0 Å². The second-order valence-corrected chi connectivity index (χ2v) is 7.08. The highest BCUT2D eigenvalue weighted by molar-refractivity contribution is 14.0. The van der Waals surface area contributed by atoms with E-state index in [0.29, 0.717) is 19.0 Å². The first-order chi connectivity index (χ1) is 12.8. The van der Waals surface area contributed by atoms with Crippen LogP contribution in [0.25, 0.3) is 0 Å². The molecule has 2 N–H and O–H groups in total. The summed E-state index contributed by atoms with van der Waals surface area (Å²) in [5, 5.41) is 13.7. The molecule has 1 aromatic carbocycles. The van der Waals surface area contributed by atoms with Gasteiger partial charge >= 0.3 is 0 Å². The zero-order valence-corrected chi connectivity index (χ0v) is 18.5. The summed E-state index contributed by atoms with van der Waals surface area (Å²) in [5.74, 6) is 0.926. The normalized spacial score (nSPS) is 22.4. The summed E-state index contributed by atoms with van der Waals surface area (Å²) in [6.07, 6.45) is 1.35. The minimum Gasteiger partial charge on any atom is -0.391 e. The number of rotatable bonds is 6. The van der Waals surface area contributed by atoms with Crippen LogP contribution in [0.2, 0.25) is 0 Å². The Balaban J connectivity index is 0.00000261. The lowest BCUT2D eigenvalue weighted by atomic mass is 10.1. The number of morpholine rings is 1. The SMILES string of the molecule is CCNC(=NCC(O)Cc1ccccc1)N1CCC(N2CCOCC2)C1.I. The van der Waals surface area contributed by atoms with Crippen molar-refractivity contribution < 1.29 is 9.84 Å². The number of guanidine groups is 1. The number of aliphatic hydroxyl groups is 1. The Hall–Kier alpha value is -0.900. The molecular formula is C20H33IN4O2. The number of aliphatic imine (C=N–C) groups is 1. The average Bonchev–Trinajstić information content (AvgIpc) is 3.17. The lowest BCUT2D eigenvalue weighted by Crippen LogP contribution is -2.46. The van der Waals surface area contributed by atoms with Crippen molar-refractivity contribution in [3.63, 3.8) is 0 Å². The molecule has 1 aromatic rings. The fraction of sp³-hybridized carbons (Fsp3) is 0.650. The van der Waals surface area contributed by atoms with Gasteiger partial charge in [-0.25, -0.2) is 0 Å². The summed E-state index contributed by atoms with van der Waals surface area (Å²) >= 11 is 0. The van der Waals surface area contributed by atoms with E-state index in [9.17, 15) is 5.11 Å². The van der Waals surface area contributed by atoms with E-state index in [1.54, 1.807) is 0 Å². The van der Waals surface area contributed by atoms with Gasteiger partial charge < -0.3 is 20.1 Å². The number of likely N-dealkylation sites (tertiary alicyclic amines) is 1. The first kappa shape index (κ1) is 22.4. The Labute approximate surface area is 180 Å². The highest BCUT2D eigenvalue weighted by Gasteiger charge is 2.30. The third kappa shape index (κ3) is 6.89. The quantitative estimate of drug-likeness (QED) is 0.362. The molecule has 0 saturated carbocycles. The topological polar surface area (TPSA) is 60.3 Å². The fourth-order valence-corrected chi connectivity index (χ4v) is 3.74. The van der Waals surface area contributed by atoms with Crippen molar-refractivity contribution in [3.05, 3.63) is 35.9 Å². The van der Waals surface area contributed by atoms with Crippen LogP contribution < -0.4 is 5.32 Å². The smallest absolute Gasteiger partial charge is 0.194 e. The molecule has 2 aliphatic heterocycles. The van der Waals surface area contributed by atoms with Crippen molar-refractivity contribution in [3.8, 4) is 0 Å². The summed E-state index contributed by atoms with van der Waals surface area (Å²) in [5.41, 5.74) is 1.15. The molecule has 0 aliphatic carbocycles. The Bertz CT molecular complexity index is 566. The standard InChI is InChI=1S/C20H32N4O2.HI/c1-2-21-20(22-15-19(25)14-17-6-4-3-5-7-17)24-9-8-18(16-24)23-10-12-26-13-11-23;/h3-7,18-19,25H,2,8-16H2,1H3,(H,21,22);1H. The Morgan fingerprint density at radius 1 is 1.26 bits per heavy atom. The molecule has 2 aliphatic rings. The summed E-state index contributed by atoms with van der Waals surface area (Å²) in [7, 11) is 0. The van der Waals surface area contributed by atoms with Crippen molar-refractivity contribution in [1.82, 2.24) is 15.1 Å². The van der Waals surface area contributed by atoms with Gasteiger partial charge in [0.15, 0.2) is 5.96 Å². The lowest BCUT2D eigenvalue weighted by Gasteiger charge is -2.32. The summed E-state index contributed by atoms with van der Waals surface area (Å²) in [6.45, 7) is 9.12. The van der Waals surface area contributed by atoms with Gasteiger partial charge in [0.25, 0.3) is 0 Å². The molecular weight excluding hydrogens is 455 g/mol. The lowest BCUT2D eigenvalue weighted by molar-refractivity contribution is 0.0194. The van der Waals surface area contributed by atoms with Crippen LogP contribution in [0.5, 0.6) is 0 Å². The third-order valence-electron chi connectivity index (χ3n) is 5.13. The molecule has 6 nitrogen and oxygen atoms in total. The van der Waals surface area contributed by atoms with Crippen molar-refractivity contribution in [2.45, 2.75) is 31.9 Å². The van der Waals surface area contributed by atoms with Gasteiger partial charge in [-0.2, -0.15) is 0 Å². The zero-order valence-electron chi connectivity index (χ0n) is 16.2.